The summed E-state index contributed by atoms with van der Waals surface area (Å²) in [5, 5.41) is 12.1. The Labute approximate surface area is 123 Å². The smallest absolute Gasteiger partial charge is 0.152 e. The Morgan fingerprint density at radius 1 is 1.19 bits per heavy atom. The topological polar surface area (TPSA) is 41.5 Å². The minimum absolute atomic E-state index is 0.0789. The molecule has 1 atom stereocenters. The maximum atomic E-state index is 13.3. The molecule has 1 aromatic rings. The molecular weight excluding hydrogens is 283 g/mol. The molecule has 0 saturated carbocycles. The van der Waals surface area contributed by atoms with E-state index in [-0.39, 0.29) is 13.2 Å². The van der Waals surface area contributed by atoms with E-state index in [1.807, 2.05) is 0 Å². The number of halogens is 3. The second kappa shape index (κ2) is 8.89. The molecule has 0 aliphatic carbocycles. The van der Waals surface area contributed by atoms with Gasteiger partial charge in [0.1, 0.15) is 11.5 Å². The van der Waals surface area contributed by atoms with Crippen LogP contribution in [0.4, 0.5) is 18.9 Å². The molecule has 3 nitrogen and oxygen atoms in total. The van der Waals surface area contributed by atoms with Gasteiger partial charge in [0, 0.05) is 25.3 Å². The molecule has 0 aromatic heterocycles. The number of nitrogens with one attached hydrogen (secondary N) is 1. The van der Waals surface area contributed by atoms with Gasteiger partial charge >= 0.3 is 0 Å². The number of rotatable bonds is 9. The van der Waals surface area contributed by atoms with Gasteiger partial charge in [0.05, 0.1) is 12.7 Å². The summed E-state index contributed by atoms with van der Waals surface area (Å²) >= 11 is 0. The van der Waals surface area contributed by atoms with Crippen molar-refractivity contribution in [2.45, 2.75) is 32.8 Å². The highest BCUT2D eigenvalue weighted by Crippen LogP contribution is 2.19. The quantitative estimate of drug-likeness (QED) is 0.688. The predicted molar refractivity (Wildman–Crippen MR) is 75.7 cm³/mol. The zero-order valence-electron chi connectivity index (χ0n) is 12.3. The second-order valence-corrected chi connectivity index (χ2v) is 5.39. The van der Waals surface area contributed by atoms with E-state index in [1.165, 1.54) is 0 Å². The Morgan fingerprint density at radius 2 is 1.81 bits per heavy atom. The van der Waals surface area contributed by atoms with Gasteiger partial charge in [-0.2, -0.15) is 0 Å². The van der Waals surface area contributed by atoms with Crippen molar-refractivity contribution in [1.82, 2.24) is 0 Å². The van der Waals surface area contributed by atoms with E-state index < -0.39 is 29.2 Å². The summed E-state index contributed by atoms with van der Waals surface area (Å²) in [6.45, 7) is 4.77. The van der Waals surface area contributed by atoms with Crippen LogP contribution in [-0.4, -0.2) is 31.0 Å². The van der Waals surface area contributed by atoms with E-state index in [9.17, 15) is 18.3 Å². The van der Waals surface area contributed by atoms with Crippen LogP contribution in [0.15, 0.2) is 12.1 Å². The molecule has 0 amide bonds. The third-order valence-electron chi connectivity index (χ3n) is 2.90. The minimum Gasteiger partial charge on any atom is -0.389 e. The van der Waals surface area contributed by atoms with Crippen molar-refractivity contribution in [2.75, 3.05) is 25.1 Å². The Balaban J connectivity index is 2.29. The van der Waals surface area contributed by atoms with Crippen molar-refractivity contribution >= 4 is 5.69 Å². The lowest BCUT2D eigenvalue weighted by Crippen LogP contribution is -2.25. The molecule has 0 spiro atoms. The van der Waals surface area contributed by atoms with Crippen molar-refractivity contribution in [3.05, 3.63) is 29.6 Å². The first-order valence-electron chi connectivity index (χ1n) is 7.04. The first kappa shape index (κ1) is 17.8. The van der Waals surface area contributed by atoms with Gasteiger partial charge in [-0.25, -0.2) is 13.2 Å². The lowest BCUT2D eigenvalue weighted by atomic mass is 10.1. The summed E-state index contributed by atoms with van der Waals surface area (Å²) in [6.07, 6.45) is 1.05. The van der Waals surface area contributed by atoms with E-state index in [0.717, 1.165) is 12.8 Å². The second-order valence-electron chi connectivity index (χ2n) is 5.39. The van der Waals surface area contributed by atoms with E-state index in [2.05, 4.69) is 19.2 Å². The highest BCUT2D eigenvalue weighted by Gasteiger charge is 2.13. The number of aliphatic hydroxyl groups excluding tert-OH is 1. The van der Waals surface area contributed by atoms with Gasteiger partial charge in [-0.3, -0.25) is 0 Å². The fourth-order valence-electron chi connectivity index (χ4n) is 1.80. The highest BCUT2D eigenvalue weighted by molar-refractivity contribution is 5.46. The van der Waals surface area contributed by atoms with Gasteiger partial charge in [-0.15, -0.1) is 0 Å². The molecule has 2 N–H and O–H groups in total. The molecule has 0 radical (unpaired) electrons. The van der Waals surface area contributed by atoms with Crippen LogP contribution in [0, 0.1) is 23.4 Å². The monoisotopic (exact) mass is 305 g/mol. The van der Waals surface area contributed by atoms with E-state index in [4.69, 9.17) is 4.74 Å². The van der Waals surface area contributed by atoms with Gasteiger partial charge in [0.15, 0.2) is 11.6 Å². The molecular formula is C15H22F3NO2. The molecule has 120 valence electrons. The number of hydrogen-bond acceptors (Lipinski definition) is 3. The number of aliphatic hydroxyl groups is 1. The third-order valence-corrected chi connectivity index (χ3v) is 2.90. The van der Waals surface area contributed by atoms with Crippen LogP contribution in [0.2, 0.25) is 0 Å². The zero-order valence-corrected chi connectivity index (χ0v) is 12.3. The van der Waals surface area contributed by atoms with Crippen LogP contribution < -0.4 is 5.32 Å². The molecule has 0 fully saturated rings. The molecule has 1 unspecified atom stereocenters. The molecule has 0 heterocycles. The summed E-state index contributed by atoms with van der Waals surface area (Å²) in [4.78, 5) is 0. The van der Waals surface area contributed by atoms with Crippen molar-refractivity contribution in [2.24, 2.45) is 5.92 Å². The van der Waals surface area contributed by atoms with Crippen LogP contribution >= 0.6 is 0 Å². The fraction of sp³-hybridized carbons (Fsp3) is 0.600. The summed E-state index contributed by atoms with van der Waals surface area (Å²) in [5.74, 6) is -2.44. The van der Waals surface area contributed by atoms with Gasteiger partial charge in [0.2, 0.25) is 0 Å². The molecule has 0 saturated heterocycles. The third kappa shape index (κ3) is 6.82. The number of hydrogen-bond donors (Lipinski definition) is 2. The average molecular weight is 305 g/mol. The lowest BCUT2D eigenvalue weighted by molar-refractivity contribution is 0.0409. The lowest BCUT2D eigenvalue weighted by Gasteiger charge is -2.14. The number of benzene rings is 1. The van der Waals surface area contributed by atoms with Crippen LogP contribution in [0.1, 0.15) is 26.7 Å². The fourth-order valence-corrected chi connectivity index (χ4v) is 1.80. The van der Waals surface area contributed by atoms with Gasteiger partial charge in [-0.1, -0.05) is 13.8 Å². The maximum absolute atomic E-state index is 13.3. The highest BCUT2D eigenvalue weighted by atomic mass is 19.1. The summed E-state index contributed by atoms with van der Waals surface area (Å²) in [5.41, 5.74) is -0.449. The first-order valence-corrected chi connectivity index (χ1v) is 7.04. The molecule has 6 heteroatoms. The SMILES string of the molecule is CC(C)CCCOCC(O)CNc1c(F)cc(F)cc1F. The van der Waals surface area contributed by atoms with Crippen molar-refractivity contribution in [3.8, 4) is 0 Å². The van der Waals surface area contributed by atoms with E-state index in [1.54, 1.807) is 0 Å². The first-order chi connectivity index (χ1) is 9.90. The number of anilines is 1. The normalized spacial score (nSPS) is 12.7. The van der Waals surface area contributed by atoms with Crippen LogP contribution in [0.25, 0.3) is 0 Å². The van der Waals surface area contributed by atoms with Gasteiger partial charge in [0.25, 0.3) is 0 Å². The standard InChI is InChI=1S/C15H22F3NO2/c1-10(2)4-3-5-21-9-12(20)8-19-15-13(17)6-11(16)7-14(15)18/h6-7,10,12,19-20H,3-5,8-9H2,1-2H3. The van der Waals surface area contributed by atoms with Gasteiger partial charge in [-0.05, 0) is 18.8 Å². The Bertz CT molecular complexity index is 418. The Hall–Kier alpha value is -1.27. The zero-order chi connectivity index (χ0) is 15.8. The van der Waals surface area contributed by atoms with Gasteiger partial charge < -0.3 is 15.2 Å². The van der Waals surface area contributed by atoms with Crippen LogP contribution in [0.5, 0.6) is 0 Å². The predicted octanol–water partition coefficient (Wildman–Crippen LogP) is 3.33. The van der Waals surface area contributed by atoms with Crippen molar-refractivity contribution in [3.63, 3.8) is 0 Å². The van der Waals surface area contributed by atoms with E-state index >= 15 is 0 Å². The minimum atomic E-state index is -1.03. The van der Waals surface area contributed by atoms with Crippen LogP contribution in [0.3, 0.4) is 0 Å². The molecule has 1 aromatic carbocycles. The Morgan fingerprint density at radius 3 is 2.38 bits per heavy atom. The molecule has 0 aliphatic heterocycles. The van der Waals surface area contributed by atoms with E-state index in [0.29, 0.717) is 24.7 Å². The molecule has 21 heavy (non-hydrogen) atoms. The summed E-state index contributed by atoms with van der Waals surface area (Å²) in [7, 11) is 0. The Kier molecular flexibility index (Phi) is 7.53. The molecule has 0 bridgehead atoms. The van der Waals surface area contributed by atoms with Crippen LogP contribution in [-0.2, 0) is 4.74 Å². The largest absolute Gasteiger partial charge is 0.389 e. The number of ether oxygens (including phenoxy) is 1. The van der Waals surface area contributed by atoms with Crippen molar-refractivity contribution < 1.29 is 23.0 Å². The summed E-state index contributed by atoms with van der Waals surface area (Å²) in [6, 6.07) is 1.17. The average Bonchev–Trinajstić information content (AvgIpc) is 2.36. The summed E-state index contributed by atoms with van der Waals surface area (Å²) < 4.78 is 44.7. The molecule has 0 aliphatic rings. The maximum Gasteiger partial charge on any atom is 0.152 e. The van der Waals surface area contributed by atoms with Crippen molar-refractivity contribution in [1.29, 1.82) is 0 Å². The molecule has 1 rings (SSSR count).